The summed E-state index contributed by atoms with van der Waals surface area (Å²) in [5, 5.41) is 0.610. The Labute approximate surface area is 208 Å². The van der Waals surface area contributed by atoms with Crippen LogP contribution in [0.15, 0.2) is 48.5 Å². The largest absolute Gasteiger partial charge is 0.336 e. The van der Waals surface area contributed by atoms with E-state index >= 15 is 0 Å². The summed E-state index contributed by atoms with van der Waals surface area (Å²) in [6.07, 6.45) is 2.78. The van der Waals surface area contributed by atoms with Gasteiger partial charge in [-0.2, -0.15) is 0 Å². The number of nitrogens with zero attached hydrogens (tertiary/aromatic N) is 4. The summed E-state index contributed by atoms with van der Waals surface area (Å²) in [5.74, 6) is 0.386. The van der Waals surface area contributed by atoms with Crippen molar-refractivity contribution in [3.8, 4) is 0 Å². The van der Waals surface area contributed by atoms with Gasteiger partial charge in [-0.15, -0.1) is 0 Å². The number of fused-ring (bicyclic) bond motifs is 1. The molecule has 2 aliphatic rings. The molecule has 0 aromatic heterocycles. The Morgan fingerprint density at radius 3 is 2.47 bits per heavy atom. The van der Waals surface area contributed by atoms with E-state index in [4.69, 9.17) is 11.6 Å². The molecule has 0 atom stereocenters. The maximum atomic E-state index is 13.3. The second-order valence-corrected chi connectivity index (χ2v) is 10.1. The van der Waals surface area contributed by atoms with Crippen molar-refractivity contribution in [1.29, 1.82) is 0 Å². The Hall–Kier alpha value is -2.41. The van der Waals surface area contributed by atoms with Gasteiger partial charge in [-0.05, 0) is 56.6 Å². The van der Waals surface area contributed by atoms with Gasteiger partial charge >= 0.3 is 0 Å². The van der Waals surface area contributed by atoms with Gasteiger partial charge in [0.15, 0.2) is 0 Å². The van der Waals surface area contributed by atoms with Crippen LogP contribution in [-0.2, 0) is 22.7 Å². The number of carbonyl (C=O) groups is 2. The Morgan fingerprint density at radius 1 is 1.00 bits per heavy atom. The number of hydrogen-bond acceptors (Lipinski definition) is 4. The molecule has 0 spiro atoms. The molecule has 1 aliphatic carbocycles. The predicted octanol–water partition coefficient (Wildman–Crippen LogP) is 3.88. The van der Waals surface area contributed by atoms with Gasteiger partial charge in [0.05, 0.1) is 12.2 Å². The van der Waals surface area contributed by atoms with E-state index in [0.717, 1.165) is 50.1 Å². The molecule has 0 unspecified atom stereocenters. The zero-order chi connectivity index (χ0) is 24.1. The van der Waals surface area contributed by atoms with E-state index < -0.39 is 0 Å². The van der Waals surface area contributed by atoms with Crippen LogP contribution < -0.4 is 4.90 Å². The summed E-state index contributed by atoms with van der Waals surface area (Å²) in [7, 11) is 3.82. The topological polar surface area (TPSA) is 47.1 Å². The molecule has 0 bridgehead atoms. The molecule has 0 saturated heterocycles. The first kappa shape index (κ1) is 24.7. The molecule has 1 heterocycles. The molecule has 2 amide bonds. The molecular formula is C27H35ClN4O2. The fourth-order valence-corrected chi connectivity index (χ4v) is 4.68. The lowest BCUT2D eigenvalue weighted by Crippen LogP contribution is -2.42. The highest BCUT2D eigenvalue weighted by molar-refractivity contribution is 6.31. The summed E-state index contributed by atoms with van der Waals surface area (Å²) in [5.41, 5.74) is 3.08. The molecule has 0 radical (unpaired) electrons. The van der Waals surface area contributed by atoms with Crippen LogP contribution in [-0.4, -0.2) is 73.3 Å². The van der Waals surface area contributed by atoms with Crippen LogP contribution in [0, 0.1) is 5.92 Å². The molecule has 182 valence electrons. The van der Waals surface area contributed by atoms with Crippen LogP contribution in [0.5, 0.6) is 0 Å². The number of halogens is 1. The van der Waals surface area contributed by atoms with Crippen molar-refractivity contribution in [3.63, 3.8) is 0 Å². The Bertz CT molecular complexity index is 993. The second-order valence-electron chi connectivity index (χ2n) is 9.71. The molecule has 6 nitrogen and oxygen atoms in total. The third-order valence-corrected chi connectivity index (χ3v) is 6.72. The summed E-state index contributed by atoms with van der Waals surface area (Å²) < 4.78 is 0. The number of carbonyl (C=O) groups excluding carboxylic acids is 2. The van der Waals surface area contributed by atoms with Crippen LogP contribution in [0.3, 0.4) is 0 Å². The first-order valence-electron chi connectivity index (χ1n) is 12.2. The van der Waals surface area contributed by atoms with Gasteiger partial charge < -0.3 is 14.7 Å². The number of rotatable bonds is 5. The molecule has 2 aromatic carbocycles. The van der Waals surface area contributed by atoms with Crippen LogP contribution in [0.2, 0.25) is 5.02 Å². The third kappa shape index (κ3) is 6.59. The summed E-state index contributed by atoms with van der Waals surface area (Å²) in [6.45, 7) is 4.57. The zero-order valence-corrected chi connectivity index (χ0v) is 21.0. The number of amides is 2. The van der Waals surface area contributed by atoms with E-state index in [1.54, 1.807) is 0 Å². The molecule has 0 N–H and O–H groups in total. The maximum Gasteiger partial charge on any atom is 0.237 e. The molecule has 2 aromatic rings. The average molecular weight is 483 g/mol. The molecule has 1 fully saturated rings. The lowest BCUT2D eigenvalue weighted by molar-refractivity contribution is -0.132. The van der Waals surface area contributed by atoms with Gasteiger partial charge in [-0.3, -0.25) is 14.5 Å². The Balaban J connectivity index is 1.64. The van der Waals surface area contributed by atoms with Gasteiger partial charge in [0.2, 0.25) is 11.8 Å². The van der Waals surface area contributed by atoms with E-state index in [9.17, 15) is 9.59 Å². The summed E-state index contributed by atoms with van der Waals surface area (Å²) in [4.78, 5) is 34.6. The van der Waals surface area contributed by atoms with Crippen molar-refractivity contribution < 1.29 is 9.59 Å². The predicted molar refractivity (Wildman–Crippen MR) is 137 cm³/mol. The van der Waals surface area contributed by atoms with Crippen molar-refractivity contribution in [1.82, 2.24) is 14.7 Å². The highest BCUT2D eigenvalue weighted by atomic mass is 35.5. The highest BCUT2D eigenvalue weighted by Crippen LogP contribution is 2.35. The van der Waals surface area contributed by atoms with Crippen molar-refractivity contribution >= 4 is 29.1 Å². The van der Waals surface area contributed by atoms with Gasteiger partial charge in [0.1, 0.15) is 0 Å². The normalized spacial score (nSPS) is 17.9. The van der Waals surface area contributed by atoms with E-state index in [1.807, 2.05) is 53.1 Å². The number of hydrogen-bond donors (Lipinski definition) is 0. The van der Waals surface area contributed by atoms with Crippen LogP contribution in [0.1, 0.15) is 30.4 Å². The first-order valence-corrected chi connectivity index (χ1v) is 12.6. The van der Waals surface area contributed by atoms with E-state index in [-0.39, 0.29) is 17.7 Å². The van der Waals surface area contributed by atoms with E-state index in [0.29, 0.717) is 31.2 Å². The molecule has 1 aliphatic heterocycles. The lowest BCUT2D eigenvalue weighted by Gasteiger charge is -2.29. The van der Waals surface area contributed by atoms with Crippen molar-refractivity contribution in [2.45, 2.75) is 32.4 Å². The summed E-state index contributed by atoms with van der Waals surface area (Å²) >= 11 is 6.39. The van der Waals surface area contributed by atoms with Crippen LogP contribution in [0.4, 0.5) is 5.69 Å². The SMILES string of the molecule is CN(C)CC(=O)N1CCN(Cc2ccccc2)CCCN(C(=O)C2CC2)c2cc(Cl)ccc2C1. The van der Waals surface area contributed by atoms with Crippen LogP contribution in [0.25, 0.3) is 0 Å². The zero-order valence-electron chi connectivity index (χ0n) is 20.3. The lowest BCUT2D eigenvalue weighted by atomic mass is 10.1. The minimum atomic E-state index is 0.0878. The molecule has 34 heavy (non-hydrogen) atoms. The van der Waals surface area contributed by atoms with Gasteiger partial charge in [-0.1, -0.05) is 48.0 Å². The second kappa shape index (κ2) is 11.3. The third-order valence-electron chi connectivity index (χ3n) is 6.49. The molecule has 4 rings (SSSR count). The standard InChI is InChI=1S/C27H35ClN4O2/c1-29(2)20-26(33)31-16-15-30(18-21-7-4-3-5-8-21)13-6-14-32(27(34)22-9-10-22)25-17-24(28)12-11-23(25)19-31/h3-5,7-8,11-12,17,22H,6,9-10,13-16,18-20H2,1-2H3. The first-order chi connectivity index (χ1) is 16.4. The van der Waals surface area contributed by atoms with E-state index in [2.05, 4.69) is 29.2 Å². The molecular weight excluding hydrogens is 448 g/mol. The number of benzene rings is 2. The minimum absolute atomic E-state index is 0.0878. The fourth-order valence-electron chi connectivity index (χ4n) is 4.52. The van der Waals surface area contributed by atoms with Crippen molar-refractivity contribution in [2.75, 3.05) is 51.7 Å². The average Bonchev–Trinajstić information content (AvgIpc) is 3.65. The summed E-state index contributed by atoms with van der Waals surface area (Å²) in [6, 6.07) is 16.2. The number of anilines is 1. The Morgan fingerprint density at radius 2 is 1.76 bits per heavy atom. The maximum absolute atomic E-state index is 13.3. The minimum Gasteiger partial charge on any atom is -0.336 e. The Kier molecular flexibility index (Phi) is 8.24. The molecule has 7 heteroatoms. The number of likely N-dealkylation sites (N-methyl/N-ethyl adjacent to an activating group) is 1. The molecule has 1 saturated carbocycles. The van der Waals surface area contributed by atoms with Gasteiger partial charge in [-0.25, -0.2) is 0 Å². The fraction of sp³-hybridized carbons (Fsp3) is 0.481. The van der Waals surface area contributed by atoms with Crippen molar-refractivity contribution in [2.24, 2.45) is 5.92 Å². The van der Waals surface area contributed by atoms with E-state index in [1.165, 1.54) is 5.56 Å². The smallest absolute Gasteiger partial charge is 0.237 e. The highest BCUT2D eigenvalue weighted by Gasteiger charge is 2.35. The van der Waals surface area contributed by atoms with Gasteiger partial charge in [0.25, 0.3) is 0 Å². The van der Waals surface area contributed by atoms with Crippen LogP contribution >= 0.6 is 11.6 Å². The van der Waals surface area contributed by atoms with Gasteiger partial charge in [0, 0.05) is 50.2 Å². The quantitative estimate of drug-likeness (QED) is 0.649. The van der Waals surface area contributed by atoms with Crippen molar-refractivity contribution in [3.05, 3.63) is 64.7 Å². The monoisotopic (exact) mass is 482 g/mol.